The van der Waals surface area contributed by atoms with Gasteiger partial charge in [0.25, 0.3) is 0 Å². The monoisotopic (exact) mass is 287 g/mol. The number of hydrogen-bond acceptors (Lipinski definition) is 2. The molecular formula is C15H20F3NO. The molecule has 0 heterocycles. The molecule has 20 heavy (non-hydrogen) atoms. The van der Waals surface area contributed by atoms with Gasteiger partial charge in [-0.3, -0.25) is 0 Å². The largest absolute Gasteiger partial charge is 0.391 e. The number of nitrogens with one attached hydrogen (secondary N) is 1. The Labute approximate surface area is 117 Å². The molecule has 112 valence electrons. The van der Waals surface area contributed by atoms with Gasteiger partial charge in [0, 0.05) is 0 Å². The smallest absolute Gasteiger partial charge is 0.376 e. The van der Waals surface area contributed by atoms with Crippen molar-refractivity contribution in [1.29, 1.82) is 0 Å². The lowest BCUT2D eigenvalue weighted by atomic mass is 9.98. The molecule has 1 aliphatic carbocycles. The average molecular weight is 287 g/mol. The Balaban J connectivity index is 2.06. The van der Waals surface area contributed by atoms with Gasteiger partial charge >= 0.3 is 6.18 Å². The van der Waals surface area contributed by atoms with Crippen LogP contribution in [0.1, 0.15) is 36.4 Å². The van der Waals surface area contributed by atoms with Crippen molar-refractivity contribution in [3.63, 3.8) is 0 Å². The zero-order chi connectivity index (χ0) is 14.6. The van der Waals surface area contributed by atoms with Crippen molar-refractivity contribution in [2.45, 2.75) is 44.0 Å². The predicted octanol–water partition coefficient (Wildman–Crippen LogP) is 3.62. The van der Waals surface area contributed by atoms with Crippen LogP contribution in [-0.4, -0.2) is 25.9 Å². The maximum Gasteiger partial charge on any atom is 0.391 e. The van der Waals surface area contributed by atoms with Crippen LogP contribution in [0.2, 0.25) is 0 Å². The lowest BCUT2D eigenvalue weighted by Crippen LogP contribution is -2.32. The molecule has 2 unspecified atom stereocenters. The van der Waals surface area contributed by atoms with Crippen molar-refractivity contribution >= 4 is 0 Å². The van der Waals surface area contributed by atoms with Crippen LogP contribution >= 0.6 is 0 Å². The molecule has 2 rings (SSSR count). The van der Waals surface area contributed by atoms with Gasteiger partial charge in [0.05, 0.1) is 25.2 Å². The van der Waals surface area contributed by atoms with Crippen LogP contribution in [0, 0.1) is 0 Å². The van der Waals surface area contributed by atoms with Crippen LogP contribution in [0.4, 0.5) is 13.2 Å². The van der Waals surface area contributed by atoms with Crippen molar-refractivity contribution < 1.29 is 17.9 Å². The quantitative estimate of drug-likeness (QED) is 0.854. The third-order valence-corrected chi connectivity index (χ3v) is 3.73. The first-order valence-corrected chi connectivity index (χ1v) is 6.94. The summed E-state index contributed by atoms with van der Waals surface area (Å²) in [5.74, 6) is 0. The van der Waals surface area contributed by atoms with E-state index in [1.807, 2.05) is 25.2 Å². The van der Waals surface area contributed by atoms with Crippen molar-refractivity contribution in [2.24, 2.45) is 0 Å². The highest BCUT2D eigenvalue weighted by molar-refractivity contribution is 5.32. The standard InChI is InChI=1S/C15H20F3NO/c1-19-14-12-7-3-2-5-11(12)6-4-8-13(14)20-10-9-15(16,17)18/h2-3,5,7,13-14,19H,4,6,8-10H2,1H3. The second-order valence-electron chi connectivity index (χ2n) is 5.13. The molecule has 2 atom stereocenters. The van der Waals surface area contributed by atoms with Gasteiger partial charge in [-0.05, 0) is 37.4 Å². The van der Waals surface area contributed by atoms with Crippen molar-refractivity contribution in [3.8, 4) is 0 Å². The van der Waals surface area contributed by atoms with E-state index in [0.717, 1.165) is 24.8 Å². The molecule has 0 aliphatic heterocycles. The van der Waals surface area contributed by atoms with Gasteiger partial charge in [-0.1, -0.05) is 24.3 Å². The Kier molecular flexibility index (Phi) is 5.05. The van der Waals surface area contributed by atoms with E-state index in [1.165, 1.54) is 5.56 Å². The lowest BCUT2D eigenvalue weighted by molar-refractivity contribution is -0.150. The lowest BCUT2D eigenvalue weighted by Gasteiger charge is -2.26. The minimum Gasteiger partial charge on any atom is -0.376 e. The summed E-state index contributed by atoms with van der Waals surface area (Å²) in [5, 5.41) is 3.19. The average Bonchev–Trinajstić information content (AvgIpc) is 2.56. The molecule has 0 aromatic heterocycles. The molecule has 0 radical (unpaired) electrons. The number of alkyl halides is 3. The summed E-state index contributed by atoms with van der Waals surface area (Å²) in [6, 6.07) is 8.03. The maximum absolute atomic E-state index is 12.2. The van der Waals surface area contributed by atoms with Crippen LogP contribution < -0.4 is 5.32 Å². The van der Waals surface area contributed by atoms with E-state index in [-0.39, 0.29) is 18.8 Å². The third kappa shape index (κ3) is 3.96. The predicted molar refractivity (Wildman–Crippen MR) is 71.6 cm³/mol. The Morgan fingerprint density at radius 1 is 1.30 bits per heavy atom. The summed E-state index contributed by atoms with van der Waals surface area (Å²) < 4.78 is 42.2. The first-order valence-electron chi connectivity index (χ1n) is 6.94. The minimum atomic E-state index is -4.15. The Bertz CT molecular complexity index is 433. The second kappa shape index (κ2) is 6.59. The number of aryl methyl sites for hydroxylation is 1. The molecule has 0 saturated heterocycles. The normalized spacial score (nSPS) is 23.2. The fraction of sp³-hybridized carbons (Fsp3) is 0.600. The van der Waals surface area contributed by atoms with Crippen LogP contribution in [0.15, 0.2) is 24.3 Å². The first kappa shape index (κ1) is 15.3. The maximum atomic E-state index is 12.2. The van der Waals surface area contributed by atoms with Gasteiger partial charge < -0.3 is 10.1 Å². The summed E-state index contributed by atoms with van der Waals surface area (Å²) in [6.07, 6.45) is -2.58. The Morgan fingerprint density at radius 2 is 2.05 bits per heavy atom. The first-order chi connectivity index (χ1) is 9.51. The molecule has 0 saturated carbocycles. The molecule has 0 amide bonds. The zero-order valence-corrected chi connectivity index (χ0v) is 11.5. The topological polar surface area (TPSA) is 21.3 Å². The fourth-order valence-electron chi connectivity index (χ4n) is 2.77. The summed E-state index contributed by atoms with van der Waals surface area (Å²) in [6.45, 7) is -0.269. The van der Waals surface area contributed by atoms with Crippen molar-refractivity contribution in [3.05, 3.63) is 35.4 Å². The molecule has 0 bridgehead atoms. The molecule has 1 aromatic rings. The van der Waals surface area contributed by atoms with E-state index in [2.05, 4.69) is 11.4 Å². The molecule has 0 fully saturated rings. The number of ether oxygens (including phenoxy) is 1. The van der Waals surface area contributed by atoms with E-state index < -0.39 is 12.6 Å². The van der Waals surface area contributed by atoms with Gasteiger partial charge in [0.15, 0.2) is 0 Å². The molecule has 1 aliphatic rings. The molecule has 1 aromatic carbocycles. The number of halogens is 3. The summed E-state index contributed by atoms with van der Waals surface area (Å²) in [4.78, 5) is 0. The van der Waals surface area contributed by atoms with E-state index in [1.54, 1.807) is 0 Å². The van der Waals surface area contributed by atoms with E-state index in [9.17, 15) is 13.2 Å². The van der Waals surface area contributed by atoms with Gasteiger partial charge in [0.2, 0.25) is 0 Å². The Hall–Kier alpha value is -1.07. The number of rotatable bonds is 4. The number of hydrogen-bond donors (Lipinski definition) is 1. The fourth-order valence-corrected chi connectivity index (χ4v) is 2.77. The van der Waals surface area contributed by atoms with Gasteiger partial charge in [-0.2, -0.15) is 13.2 Å². The third-order valence-electron chi connectivity index (χ3n) is 3.73. The summed E-state index contributed by atoms with van der Waals surface area (Å²) in [5.41, 5.74) is 2.40. The Morgan fingerprint density at radius 3 is 2.75 bits per heavy atom. The highest BCUT2D eigenvalue weighted by atomic mass is 19.4. The van der Waals surface area contributed by atoms with E-state index in [4.69, 9.17) is 4.74 Å². The molecular weight excluding hydrogens is 267 g/mol. The highest BCUT2D eigenvalue weighted by Crippen LogP contribution is 2.31. The minimum absolute atomic E-state index is 0.0399. The SMILES string of the molecule is CNC1c2ccccc2CCCC1OCCC(F)(F)F. The molecule has 2 nitrogen and oxygen atoms in total. The van der Waals surface area contributed by atoms with E-state index in [0.29, 0.717) is 0 Å². The van der Waals surface area contributed by atoms with Crippen LogP contribution in [0.5, 0.6) is 0 Å². The zero-order valence-electron chi connectivity index (χ0n) is 11.5. The number of fused-ring (bicyclic) bond motifs is 1. The van der Waals surface area contributed by atoms with Crippen LogP contribution in [-0.2, 0) is 11.2 Å². The highest BCUT2D eigenvalue weighted by Gasteiger charge is 2.30. The number of benzene rings is 1. The van der Waals surface area contributed by atoms with Crippen molar-refractivity contribution in [2.75, 3.05) is 13.7 Å². The van der Waals surface area contributed by atoms with Crippen LogP contribution in [0.25, 0.3) is 0 Å². The second-order valence-corrected chi connectivity index (χ2v) is 5.13. The molecule has 0 spiro atoms. The molecule has 5 heteroatoms. The summed E-state index contributed by atoms with van der Waals surface area (Å²) in [7, 11) is 1.83. The van der Waals surface area contributed by atoms with Gasteiger partial charge in [-0.15, -0.1) is 0 Å². The molecule has 1 N–H and O–H groups in total. The van der Waals surface area contributed by atoms with Crippen LogP contribution in [0.3, 0.4) is 0 Å². The summed E-state index contributed by atoms with van der Waals surface area (Å²) >= 11 is 0. The van der Waals surface area contributed by atoms with Gasteiger partial charge in [0.1, 0.15) is 0 Å². The van der Waals surface area contributed by atoms with Gasteiger partial charge in [-0.25, -0.2) is 0 Å². The van der Waals surface area contributed by atoms with Crippen molar-refractivity contribution in [1.82, 2.24) is 5.32 Å². The number of likely N-dealkylation sites (N-methyl/N-ethyl adjacent to an activating group) is 1. The van der Waals surface area contributed by atoms with E-state index >= 15 is 0 Å².